The maximum Gasteiger partial charge on any atom is 0.325 e. The van der Waals surface area contributed by atoms with Crippen molar-refractivity contribution in [2.24, 2.45) is 0 Å². The normalized spacial score (nSPS) is 25.8. The largest absolute Gasteiger partial charge is 0.468 e. The number of fused-ring (bicyclic) bond motifs is 1. The Kier molecular flexibility index (Phi) is 4.44. The number of ether oxygens (including phenoxy) is 1. The Bertz CT molecular complexity index is 796. The second-order valence-corrected chi connectivity index (χ2v) is 6.49. The van der Waals surface area contributed by atoms with E-state index in [9.17, 15) is 9.59 Å². The van der Waals surface area contributed by atoms with Gasteiger partial charge in [-0.1, -0.05) is 60.7 Å². The summed E-state index contributed by atoms with van der Waals surface area (Å²) in [6, 6.07) is 18.6. The molecule has 4 rings (SSSR count). The van der Waals surface area contributed by atoms with Crippen molar-refractivity contribution in [1.82, 2.24) is 15.3 Å². The fourth-order valence-corrected chi connectivity index (χ4v) is 3.86. The lowest BCUT2D eigenvalue weighted by molar-refractivity contribution is -0.173. The number of nitrogens with zero attached hydrogens (tertiary/aromatic N) is 2. The lowest BCUT2D eigenvalue weighted by Crippen LogP contribution is -2.63. The smallest absolute Gasteiger partial charge is 0.325 e. The van der Waals surface area contributed by atoms with Crippen LogP contribution in [0.1, 0.15) is 29.8 Å². The first-order valence-electron chi connectivity index (χ1n) is 8.73. The van der Waals surface area contributed by atoms with Gasteiger partial charge in [-0.25, -0.2) is 5.01 Å². The van der Waals surface area contributed by atoms with Gasteiger partial charge in [-0.2, -0.15) is 0 Å². The van der Waals surface area contributed by atoms with Gasteiger partial charge in [0, 0.05) is 13.0 Å². The van der Waals surface area contributed by atoms with E-state index in [4.69, 9.17) is 4.74 Å². The number of esters is 1. The summed E-state index contributed by atoms with van der Waals surface area (Å²) in [6.45, 7) is 0.580. The van der Waals surface area contributed by atoms with Crippen LogP contribution < -0.4 is 5.32 Å². The average molecular weight is 351 g/mol. The number of carbonyl (C=O) groups is 2. The minimum absolute atomic E-state index is 0.0515. The van der Waals surface area contributed by atoms with Gasteiger partial charge >= 0.3 is 5.97 Å². The van der Waals surface area contributed by atoms with E-state index in [1.807, 2.05) is 65.7 Å². The molecule has 0 aromatic heterocycles. The molecule has 6 nitrogen and oxygen atoms in total. The molecule has 0 aliphatic carbocycles. The van der Waals surface area contributed by atoms with Crippen LogP contribution in [0.25, 0.3) is 0 Å². The summed E-state index contributed by atoms with van der Waals surface area (Å²) in [4.78, 5) is 25.2. The zero-order chi connectivity index (χ0) is 18.1. The highest BCUT2D eigenvalue weighted by molar-refractivity contribution is 5.81. The highest BCUT2D eigenvalue weighted by Crippen LogP contribution is 2.39. The summed E-state index contributed by atoms with van der Waals surface area (Å²) in [5, 5.41) is 7.12. The summed E-state index contributed by atoms with van der Waals surface area (Å²) < 4.78 is 5.07. The molecule has 2 aliphatic heterocycles. The van der Waals surface area contributed by atoms with Crippen molar-refractivity contribution < 1.29 is 14.3 Å². The number of nitrogens with one attached hydrogen (secondary N) is 1. The van der Waals surface area contributed by atoms with Gasteiger partial charge in [0.25, 0.3) is 0 Å². The molecule has 2 fully saturated rings. The van der Waals surface area contributed by atoms with Crippen LogP contribution in [-0.4, -0.2) is 41.6 Å². The van der Waals surface area contributed by atoms with Gasteiger partial charge in [0.05, 0.1) is 13.2 Å². The monoisotopic (exact) mass is 351 g/mol. The molecule has 2 heterocycles. The fourth-order valence-electron chi connectivity index (χ4n) is 3.86. The van der Waals surface area contributed by atoms with Crippen LogP contribution in [0.2, 0.25) is 0 Å². The molecule has 0 bridgehead atoms. The number of methoxy groups -OCH3 is 1. The van der Waals surface area contributed by atoms with E-state index in [1.54, 1.807) is 5.01 Å². The van der Waals surface area contributed by atoms with Crippen molar-refractivity contribution in [3.63, 3.8) is 0 Å². The van der Waals surface area contributed by atoms with Crippen LogP contribution in [-0.2, 0) is 14.3 Å². The predicted octanol–water partition coefficient (Wildman–Crippen LogP) is 2.02. The molecule has 0 unspecified atom stereocenters. The van der Waals surface area contributed by atoms with Crippen LogP contribution in [0.4, 0.5) is 0 Å². The second kappa shape index (κ2) is 6.90. The third kappa shape index (κ3) is 2.77. The van der Waals surface area contributed by atoms with Crippen molar-refractivity contribution in [2.45, 2.75) is 24.7 Å². The molecule has 0 spiro atoms. The molecule has 26 heavy (non-hydrogen) atoms. The van der Waals surface area contributed by atoms with Gasteiger partial charge in [-0.3, -0.25) is 19.9 Å². The molecular weight excluding hydrogens is 330 g/mol. The van der Waals surface area contributed by atoms with Crippen LogP contribution in [0.15, 0.2) is 60.7 Å². The lowest BCUT2D eigenvalue weighted by Gasteiger charge is -2.48. The first-order chi connectivity index (χ1) is 12.7. The van der Waals surface area contributed by atoms with Crippen molar-refractivity contribution >= 4 is 11.9 Å². The minimum atomic E-state index is -0.574. The van der Waals surface area contributed by atoms with Gasteiger partial charge in [0.2, 0.25) is 5.91 Å². The van der Waals surface area contributed by atoms with E-state index in [1.165, 1.54) is 7.11 Å². The first kappa shape index (κ1) is 16.8. The van der Waals surface area contributed by atoms with Gasteiger partial charge in [0.15, 0.2) is 0 Å². The van der Waals surface area contributed by atoms with Crippen LogP contribution in [0, 0.1) is 0 Å². The number of amides is 1. The van der Waals surface area contributed by atoms with E-state index >= 15 is 0 Å². The van der Waals surface area contributed by atoms with E-state index in [-0.39, 0.29) is 17.9 Å². The Labute approximate surface area is 152 Å². The Morgan fingerprint density at radius 2 is 1.65 bits per heavy atom. The molecule has 1 N–H and O–H groups in total. The number of rotatable bonds is 3. The standard InChI is InChI=1S/C20H21N3O3/c1-26-20(25)17-18(14-8-4-2-5-9-14)22-13-12-16(24)23(22)19(21-17)15-10-6-3-7-11-15/h2-11,17-19,21H,12-13H2,1H3/t17-,18+,19+/m0/s1. The van der Waals surface area contributed by atoms with Crippen LogP contribution in [0.3, 0.4) is 0 Å². The van der Waals surface area contributed by atoms with Crippen molar-refractivity contribution in [3.05, 3.63) is 71.8 Å². The Morgan fingerprint density at radius 1 is 1.04 bits per heavy atom. The minimum Gasteiger partial charge on any atom is -0.468 e. The molecular formula is C20H21N3O3. The van der Waals surface area contributed by atoms with Crippen molar-refractivity contribution in [1.29, 1.82) is 0 Å². The zero-order valence-electron chi connectivity index (χ0n) is 14.5. The topological polar surface area (TPSA) is 61.9 Å². The quantitative estimate of drug-likeness (QED) is 0.858. The zero-order valence-corrected chi connectivity index (χ0v) is 14.5. The molecule has 2 saturated heterocycles. The summed E-state index contributed by atoms with van der Waals surface area (Å²) in [6.07, 6.45) is 0.0395. The summed E-state index contributed by atoms with van der Waals surface area (Å²) >= 11 is 0. The van der Waals surface area contributed by atoms with Crippen LogP contribution in [0.5, 0.6) is 0 Å². The number of hydrazine groups is 1. The summed E-state index contributed by atoms with van der Waals surface area (Å²) in [5.41, 5.74) is 1.91. The SMILES string of the molecule is COC(=O)[C@H]1N[C@@H](c2ccccc2)N2C(=O)CCN2[C@@H]1c1ccccc1. The third-order valence-electron chi connectivity index (χ3n) is 5.02. The van der Waals surface area contributed by atoms with E-state index in [2.05, 4.69) is 5.32 Å². The Hall–Kier alpha value is -2.70. The number of benzene rings is 2. The molecule has 0 saturated carbocycles. The number of hydrogen-bond donors (Lipinski definition) is 1. The van der Waals surface area contributed by atoms with Gasteiger partial charge in [-0.15, -0.1) is 0 Å². The Balaban J connectivity index is 1.79. The molecule has 2 aromatic rings. The highest BCUT2D eigenvalue weighted by Gasteiger charge is 2.50. The summed E-state index contributed by atoms with van der Waals surface area (Å²) in [7, 11) is 1.39. The average Bonchev–Trinajstić information content (AvgIpc) is 3.09. The molecule has 3 atom stereocenters. The van der Waals surface area contributed by atoms with E-state index in [0.717, 1.165) is 11.1 Å². The van der Waals surface area contributed by atoms with Crippen molar-refractivity contribution in [3.8, 4) is 0 Å². The summed E-state index contributed by atoms with van der Waals surface area (Å²) in [5.74, 6) is -0.283. The second-order valence-electron chi connectivity index (χ2n) is 6.49. The molecule has 2 aliphatic rings. The highest BCUT2D eigenvalue weighted by atomic mass is 16.5. The molecule has 1 amide bonds. The molecule has 0 radical (unpaired) electrons. The Morgan fingerprint density at radius 3 is 2.27 bits per heavy atom. The third-order valence-corrected chi connectivity index (χ3v) is 5.02. The molecule has 2 aromatic carbocycles. The van der Waals surface area contributed by atoms with E-state index < -0.39 is 12.2 Å². The van der Waals surface area contributed by atoms with Gasteiger partial charge in [0.1, 0.15) is 12.2 Å². The first-order valence-corrected chi connectivity index (χ1v) is 8.73. The maximum absolute atomic E-state index is 12.6. The van der Waals surface area contributed by atoms with Crippen molar-refractivity contribution in [2.75, 3.05) is 13.7 Å². The van der Waals surface area contributed by atoms with Crippen LogP contribution >= 0.6 is 0 Å². The fraction of sp³-hybridized carbons (Fsp3) is 0.300. The predicted molar refractivity (Wildman–Crippen MR) is 95.5 cm³/mol. The number of hydrogen-bond acceptors (Lipinski definition) is 5. The number of carbonyl (C=O) groups excluding carboxylic acids is 2. The lowest BCUT2D eigenvalue weighted by atomic mass is 9.96. The van der Waals surface area contributed by atoms with Gasteiger partial charge in [-0.05, 0) is 11.1 Å². The maximum atomic E-state index is 12.6. The molecule has 134 valence electrons. The molecule has 6 heteroatoms. The van der Waals surface area contributed by atoms with Gasteiger partial charge < -0.3 is 4.74 Å². The van der Waals surface area contributed by atoms with E-state index in [0.29, 0.717) is 13.0 Å².